The van der Waals surface area contributed by atoms with Gasteiger partial charge in [-0.25, -0.2) is 4.68 Å². The van der Waals surface area contributed by atoms with Crippen LogP contribution in [0.3, 0.4) is 0 Å². The van der Waals surface area contributed by atoms with Crippen molar-refractivity contribution in [2.45, 2.75) is 51.2 Å². The van der Waals surface area contributed by atoms with Gasteiger partial charge in [-0.3, -0.25) is 9.58 Å². The first-order chi connectivity index (χ1) is 10.6. The van der Waals surface area contributed by atoms with Gasteiger partial charge in [-0.15, -0.1) is 5.10 Å². The number of nitrogens with zero attached hydrogens (tertiary/aromatic N) is 7. The molecule has 1 saturated heterocycles. The molecule has 8 heteroatoms. The number of aromatic nitrogens is 6. The molecule has 0 spiro atoms. The van der Waals surface area contributed by atoms with Crippen LogP contribution in [0.2, 0.25) is 5.15 Å². The standard InChI is InChI=1S/C14H20ClN7/c1-9-13(14(15)20(2)17-9)11-4-3-7-21(11)8-12-16-18-19-22(12)10-5-6-10/h10-11H,3-8H2,1-2H3. The maximum absolute atomic E-state index is 6.46. The Labute approximate surface area is 134 Å². The second-order valence-corrected chi connectivity index (χ2v) is 6.67. The Kier molecular flexibility index (Phi) is 3.41. The summed E-state index contributed by atoms with van der Waals surface area (Å²) in [6, 6.07) is 0.820. The van der Waals surface area contributed by atoms with Gasteiger partial charge < -0.3 is 0 Å². The molecule has 0 aromatic carbocycles. The lowest BCUT2D eigenvalue weighted by Crippen LogP contribution is -2.25. The fourth-order valence-electron chi connectivity index (χ4n) is 3.47. The molecule has 22 heavy (non-hydrogen) atoms. The molecule has 1 saturated carbocycles. The van der Waals surface area contributed by atoms with Gasteiger partial charge in [0.25, 0.3) is 0 Å². The van der Waals surface area contributed by atoms with Gasteiger partial charge in [-0.2, -0.15) is 5.10 Å². The van der Waals surface area contributed by atoms with E-state index in [0.717, 1.165) is 41.7 Å². The predicted molar refractivity (Wildman–Crippen MR) is 81.4 cm³/mol. The fraction of sp³-hybridized carbons (Fsp3) is 0.714. The molecular weight excluding hydrogens is 302 g/mol. The highest BCUT2D eigenvalue weighted by Gasteiger charge is 2.34. The van der Waals surface area contributed by atoms with Gasteiger partial charge in [0, 0.05) is 18.7 Å². The molecule has 2 aromatic rings. The Bertz CT molecular complexity index is 687. The molecular formula is C14H20ClN7. The third-order valence-electron chi connectivity index (χ3n) is 4.69. The van der Waals surface area contributed by atoms with Crippen molar-refractivity contribution in [3.8, 4) is 0 Å². The summed E-state index contributed by atoms with van der Waals surface area (Å²) in [5.74, 6) is 0.965. The number of tetrazole rings is 1. The molecule has 1 atom stereocenters. The highest BCUT2D eigenvalue weighted by molar-refractivity contribution is 6.30. The number of likely N-dealkylation sites (tertiary alicyclic amines) is 1. The smallest absolute Gasteiger partial charge is 0.165 e. The molecule has 7 nitrogen and oxygen atoms in total. The van der Waals surface area contributed by atoms with Crippen molar-refractivity contribution in [3.05, 3.63) is 22.2 Å². The van der Waals surface area contributed by atoms with Gasteiger partial charge in [-0.1, -0.05) is 11.6 Å². The third kappa shape index (κ3) is 2.32. The van der Waals surface area contributed by atoms with Crippen molar-refractivity contribution in [1.82, 2.24) is 34.9 Å². The molecule has 0 bridgehead atoms. The molecule has 0 radical (unpaired) electrons. The average Bonchev–Trinajstić information content (AvgIpc) is 2.96. The molecule has 118 valence electrons. The van der Waals surface area contributed by atoms with Gasteiger partial charge >= 0.3 is 0 Å². The summed E-state index contributed by atoms with van der Waals surface area (Å²) in [7, 11) is 1.89. The van der Waals surface area contributed by atoms with Crippen LogP contribution in [0.1, 0.15) is 54.8 Å². The third-order valence-corrected chi connectivity index (χ3v) is 5.14. The average molecular weight is 322 g/mol. The fourth-order valence-corrected chi connectivity index (χ4v) is 3.77. The van der Waals surface area contributed by atoms with Crippen LogP contribution >= 0.6 is 11.6 Å². The van der Waals surface area contributed by atoms with Crippen LogP contribution in [0.15, 0.2) is 0 Å². The Morgan fingerprint density at radius 2 is 2.09 bits per heavy atom. The lowest BCUT2D eigenvalue weighted by atomic mass is 10.1. The van der Waals surface area contributed by atoms with Crippen LogP contribution in [0.5, 0.6) is 0 Å². The lowest BCUT2D eigenvalue weighted by molar-refractivity contribution is 0.236. The molecule has 3 heterocycles. The van der Waals surface area contributed by atoms with Crippen molar-refractivity contribution < 1.29 is 0 Å². The lowest BCUT2D eigenvalue weighted by Gasteiger charge is -2.24. The number of rotatable bonds is 4. The molecule has 2 aliphatic rings. The highest BCUT2D eigenvalue weighted by Crippen LogP contribution is 2.39. The molecule has 2 fully saturated rings. The van der Waals surface area contributed by atoms with E-state index in [1.165, 1.54) is 19.3 Å². The molecule has 2 aromatic heterocycles. The first-order valence-corrected chi connectivity index (χ1v) is 8.22. The minimum absolute atomic E-state index is 0.311. The maximum Gasteiger partial charge on any atom is 0.165 e. The van der Waals surface area contributed by atoms with Gasteiger partial charge in [0.2, 0.25) is 0 Å². The zero-order valence-corrected chi connectivity index (χ0v) is 13.7. The van der Waals surface area contributed by atoms with Crippen molar-refractivity contribution >= 4 is 11.6 Å². The van der Waals surface area contributed by atoms with E-state index in [0.29, 0.717) is 12.1 Å². The summed E-state index contributed by atoms with van der Waals surface area (Å²) in [5, 5.41) is 17.4. The topological polar surface area (TPSA) is 64.7 Å². The first-order valence-electron chi connectivity index (χ1n) is 7.85. The van der Waals surface area contributed by atoms with E-state index >= 15 is 0 Å². The van der Waals surface area contributed by atoms with Crippen LogP contribution in [-0.2, 0) is 13.6 Å². The van der Waals surface area contributed by atoms with Crippen molar-refractivity contribution in [3.63, 3.8) is 0 Å². The first kappa shape index (κ1) is 14.1. The zero-order valence-electron chi connectivity index (χ0n) is 12.9. The number of aryl methyl sites for hydroxylation is 2. The highest BCUT2D eigenvalue weighted by atomic mass is 35.5. The van der Waals surface area contributed by atoms with E-state index in [1.807, 2.05) is 18.7 Å². The molecule has 1 aliphatic carbocycles. The van der Waals surface area contributed by atoms with Gasteiger partial charge in [0.15, 0.2) is 5.82 Å². The van der Waals surface area contributed by atoms with Crippen LogP contribution in [0.25, 0.3) is 0 Å². The van der Waals surface area contributed by atoms with Crippen LogP contribution in [0.4, 0.5) is 0 Å². The van der Waals surface area contributed by atoms with Crippen molar-refractivity contribution in [1.29, 1.82) is 0 Å². The second kappa shape index (κ2) is 5.31. The van der Waals surface area contributed by atoms with E-state index in [2.05, 4.69) is 25.5 Å². The minimum Gasteiger partial charge on any atom is -0.289 e. The monoisotopic (exact) mass is 321 g/mol. The summed E-state index contributed by atoms with van der Waals surface area (Å²) < 4.78 is 3.75. The quantitative estimate of drug-likeness (QED) is 0.862. The van der Waals surface area contributed by atoms with Crippen LogP contribution < -0.4 is 0 Å². The maximum atomic E-state index is 6.46. The van der Waals surface area contributed by atoms with E-state index in [4.69, 9.17) is 11.6 Å². The minimum atomic E-state index is 0.311. The summed E-state index contributed by atoms with van der Waals surface area (Å²) in [6.45, 7) is 3.86. The van der Waals surface area contributed by atoms with Crippen molar-refractivity contribution in [2.75, 3.05) is 6.54 Å². The largest absolute Gasteiger partial charge is 0.289 e. The normalized spacial score (nSPS) is 22.6. The van der Waals surface area contributed by atoms with E-state index in [9.17, 15) is 0 Å². The molecule has 4 rings (SSSR count). The summed E-state index contributed by atoms with van der Waals surface area (Å²) in [6.07, 6.45) is 4.65. The molecule has 0 amide bonds. The van der Waals surface area contributed by atoms with Crippen molar-refractivity contribution in [2.24, 2.45) is 7.05 Å². The SMILES string of the molecule is Cc1nn(C)c(Cl)c1C1CCCN1Cc1nnnn1C1CC1. The molecule has 1 unspecified atom stereocenters. The van der Waals surface area contributed by atoms with Gasteiger partial charge in [0.1, 0.15) is 5.15 Å². The number of halogens is 1. The summed E-state index contributed by atoms with van der Waals surface area (Å²) >= 11 is 6.46. The Balaban J connectivity index is 1.59. The molecule has 0 N–H and O–H groups in total. The van der Waals surface area contributed by atoms with Crippen LogP contribution in [-0.4, -0.2) is 41.4 Å². The van der Waals surface area contributed by atoms with E-state index < -0.39 is 0 Å². The Morgan fingerprint density at radius 3 is 2.77 bits per heavy atom. The summed E-state index contributed by atoms with van der Waals surface area (Å²) in [5.41, 5.74) is 2.18. The zero-order chi connectivity index (χ0) is 15.3. The molecule has 1 aliphatic heterocycles. The van der Waals surface area contributed by atoms with Gasteiger partial charge in [0.05, 0.1) is 18.3 Å². The summed E-state index contributed by atoms with van der Waals surface area (Å²) in [4.78, 5) is 2.43. The Morgan fingerprint density at radius 1 is 1.27 bits per heavy atom. The Hall–Kier alpha value is -1.47. The number of hydrogen-bond donors (Lipinski definition) is 0. The van der Waals surface area contributed by atoms with E-state index in [-0.39, 0.29) is 0 Å². The van der Waals surface area contributed by atoms with Crippen LogP contribution in [0, 0.1) is 6.92 Å². The second-order valence-electron chi connectivity index (χ2n) is 6.31. The predicted octanol–water partition coefficient (Wildman–Crippen LogP) is 2.04. The van der Waals surface area contributed by atoms with Gasteiger partial charge in [-0.05, 0) is 49.6 Å². The van der Waals surface area contributed by atoms with E-state index in [1.54, 1.807) is 4.68 Å². The number of hydrogen-bond acceptors (Lipinski definition) is 5.